The van der Waals surface area contributed by atoms with Crippen LogP contribution in [0.2, 0.25) is 0 Å². The first-order valence-electron chi connectivity index (χ1n) is 5.24. The lowest BCUT2D eigenvalue weighted by atomic mass is 10.1. The Labute approximate surface area is 96.8 Å². The lowest BCUT2D eigenvalue weighted by Gasteiger charge is -2.22. The van der Waals surface area contributed by atoms with Crippen molar-refractivity contribution in [2.45, 2.75) is 32.4 Å². The largest absolute Gasteiger partial charge is 0.309 e. The van der Waals surface area contributed by atoms with Crippen LogP contribution in [-0.2, 0) is 17.3 Å². The molecule has 1 N–H and O–H groups in total. The summed E-state index contributed by atoms with van der Waals surface area (Å²) in [5.74, 6) is 1.72. The second kappa shape index (κ2) is 5.18. The molecular weight excluding hydrogens is 228 g/mol. The van der Waals surface area contributed by atoms with Gasteiger partial charge in [0.15, 0.2) is 0 Å². The zero-order chi connectivity index (χ0) is 10.7. The minimum atomic E-state index is -0.555. The first-order chi connectivity index (χ1) is 7.24. The number of aromatic nitrogens is 1. The van der Waals surface area contributed by atoms with Crippen molar-refractivity contribution in [3.05, 3.63) is 16.1 Å². The Morgan fingerprint density at radius 3 is 2.93 bits per heavy atom. The first-order valence-corrected chi connectivity index (χ1v) is 7.54. The van der Waals surface area contributed by atoms with Crippen molar-refractivity contribution in [2.75, 3.05) is 11.5 Å². The van der Waals surface area contributed by atoms with E-state index in [2.05, 4.69) is 10.3 Å². The molecular formula is C10H16N2OS2. The summed E-state index contributed by atoms with van der Waals surface area (Å²) in [5, 5.41) is 4.63. The molecule has 84 valence electrons. The molecule has 1 aromatic rings. The van der Waals surface area contributed by atoms with E-state index < -0.39 is 10.8 Å². The minimum absolute atomic E-state index is 0.546. The van der Waals surface area contributed by atoms with Gasteiger partial charge in [-0.2, -0.15) is 0 Å². The highest BCUT2D eigenvalue weighted by atomic mass is 32.2. The van der Waals surface area contributed by atoms with Crippen molar-refractivity contribution >= 4 is 22.1 Å². The molecule has 1 aliphatic heterocycles. The zero-order valence-electron chi connectivity index (χ0n) is 8.86. The molecule has 0 aromatic carbocycles. The molecule has 1 fully saturated rings. The lowest BCUT2D eigenvalue weighted by molar-refractivity contribution is 0.477. The highest BCUT2D eigenvalue weighted by Crippen LogP contribution is 2.13. The van der Waals surface area contributed by atoms with Gasteiger partial charge in [0.05, 0.1) is 5.01 Å². The summed E-state index contributed by atoms with van der Waals surface area (Å²) < 4.78 is 11.2. The third-order valence-electron chi connectivity index (χ3n) is 2.62. The van der Waals surface area contributed by atoms with Gasteiger partial charge in [-0.3, -0.25) is 4.21 Å². The molecule has 1 aliphatic rings. The molecule has 0 radical (unpaired) electrons. The summed E-state index contributed by atoms with van der Waals surface area (Å²) in [4.78, 5) is 5.51. The fourth-order valence-electron chi connectivity index (χ4n) is 1.73. The normalized spacial score (nSPS) is 26.7. The van der Waals surface area contributed by atoms with E-state index >= 15 is 0 Å². The third-order valence-corrected chi connectivity index (χ3v) is 4.92. The Balaban J connectivity index is 1.76. The van der Waals surface area contributed by atoms with Gasteiger partial charge < -0.3 is 5.32 Å². The summed E-state index contributed by atoms with van der Waals surface area (Å²) in [7, 11) is -0.555. The molecule has 0 spiro atoms. The van der Waals surface area contributed by atoms with E-state index in [0.29, 0.717) is 6.04 Å². The van der Waals surface area contributed by atoms with Crippen LogP contribution in [0.4, 0.5) is 0 Å². The molecule has 0 bridgehead atoms. The van der Waals surface area contributed by atoms with Crippen LogP contribution in [0.1, 0.15) is 22.7 Å². The van der Waals surface area contributed by atoms with Crippen molar-refractivity contribution < 1.29 is 4.21 Å². The molecule has 2 rings (SSSR count). The average Bonchev–Trinajstić information content (AvgIpc) is 2.64. The van der Waals surface area contributed by atoms with Gasteiger partial charge in [0.25, 0.3) is 0 Å². The third kappa shape index (κ3) is 3.36. The minimum Gasteiger partial charge on any atom is -0.309 e. The molecule has 0 saturated carbocycles. The van der Waals surface area contributed by atoms with Gasteiger partial charge in [-0.25, -0.2) is 4.98 Å². The van der Waals surface area contributed by atoms with Crippen molar-refractivity contribution in [2.24, 2.45) is 0 Å². The van der Waals surface area contributed by atoms with E-state index in [0.717, 1.165) is 35.9 Å². The number of aryl methyl sites for hydroxylation is 1. The molecule has 1 saturated heterocycles. The maximum Gasteiger partial charge on any atom is 0.0897 e. The monoisotopic (exact) mass is 244 g/mol. The molecule has 5 heteroatoms. The molecule has 15 heavy (non-hydrogen) atoms. The van der Waals surface area contributed by atoms with Crippen LogP contribution in [0, 0.1) is 6.92 Å². The molecule has 0 aliphatic carbocycles. The second-order valence-electron chi connectivity index (χ2n) is 3.85. The standard InChI is InChI=1S/C10H16N2OS2/c1-8-11-6-10(14-8)7-12-9-2-4-15(13)5-3-9/h6,9,12H,2-5,7H2,1H3. The van der Waals surface area contributed by atoms with Crippen LogP contribution < -0.4 is 5.32 Å². The van der Waals surface area contributed by atoms with Crippen LogP contribution in [0.3, 0.4) is 0 Å². The molecule has 1 aromatic heterocycles. The van der Waals surface area contributed by atoms with E-state index in [4.69, 9.17) is 0 Å². The molecule has 0 unspecified atom stereocenters. The maximum atomic E-state index is 11.2. The number of nitrogens with zero attached hydrogens (tertiary/aromatic N) is 1. The first kappa shape index (κ1) is 11.2. The van der Waals surface area contributed by atoms with E-state index in [9.17, 15) is 4.21 Å². The molecule has 2 heterocycles. The van der Waals surface area contributed by atoms with E-state index in [1.54, 1.807) is 11.3 Å². The van der Waals surface area contributed by atoms with Gasteiger partial charge in [0.2, 0.25) is 0 Å². The Morgan fingerprint density at radius 2 is 2.33 bits per heavy atom. The molecule has 3 nitrogen and oxygen atoms in total. The second-order valence-corrected chi connectivity index (χ2v) is 6.86. The topological polar surface area (TPSA) is 42.0 Å². The summed E-state index contributed by atoms with van der Waals surface area (Å²) in [5.41, 5.74) is 0. The van der Waals surface area contributed by atoms with Gasteiger partial charge in [-0.1, -0.05) is 0 Å². The Morgan fingerprint density at radius 1 is 1.60 bits per heavy atom. The number of nitrogens with one attached hydrogen (secondary N) is 1. The van der Waals surface area contributed by atoms with Crippen molar-refractivity contribution in [3.8, 4) is 0 Å². The predicted octanol–water partition coefficient (Wildman–Crippen LogP) is 1.45. The van der Waals surface area contributed by atoms with E-state index in [1.165, 1.54) is 4.88 Å². The van der Waals surface area contributed by atoms with E-state index in [1.807, 2.05) is 13.1 Å². The SMILES string of the molecule is Cc1ncc(CNC2CCS(=O)CC2)s1. The summed E-state index contributed by atoms with van der Waals surface area (Å²) in [6.45, 7) is 2.93. The van der Waals surface area contributed by atoms with Gasteiger partial charge >= 0.3 is 0 Å². The highest BCUT2D eigenvalue weighted by molar-refractivity contribution is 7.85. The van der Waals surface area contributed by atoms with Crippen LogP contribution in [0.15, 0.2) is 6.20 Å². The number of rotatable bonds is 3. The van der Waals surface area contributed by atoms with Crippen molar-refractivity contribution in [1.29, 1.82) is 0 Å². The fourth-order valence-corrected chi connectivity index (χ4v) is 3.77. The summed E-state index contributed by atoms with van der Waals surface area (Å²) in [6.07, 6.45) is 4.03. The smallest absolute Gasteiger partial charge is 0.0897 e. The Bertz CT molecular complexity index is 341. The highest BCUT2D eigenvalue weighted by Gasteiger charge is 2.17. The molecule has 0 amide bonds. The van der Waals surface area contributed by atoms with Gasteiger partial charge in [0, 0.05) is 46.0 Å². The maximum absolute atomic E-state index is 11.2. The lowest BCUT2D eigenvalue weighted by Crippen LogP contribution is -2.35. The van der Waals surface area contributed by atoms with Gasteiger partial charge in [-0.05, 0) is 19.8 Å². The number of hydrogen-bond acceptors (Lipinski definition) is 4. The quantitative estimate of drug-likeness (QED) is 0.875. The van der Waals surface area contributed by atoms with Crippen molar-refractivity contribution in [3.63, 3.8) is 0 Å². The average molecular weight is 244 g/mol. The van der Waals surface area contributed by atoms with Crippen LogP contribution in [0.5, 0.6) is 0 Å². The van der Waals surface area contributed by atoms with Crippen LogP contribution in [-0.4, -0.2) is 26.7 Å². The predicted molar refractivity (Wildman–Crippen MR) is 64.6 cm³/mol. The van der Waals surface area contributed by atoms with Gasteiger partial charge in [0.1, 0.15) is 0 Å². The zero-order valence-corrected chi connectivity index (χ0v) is 10.5. The summed E-state index contributed by atoms with van der Waals surface area (Å²) >= 11 is 1.74. The molecule has 0 atom stereocenters. The summed E-state index contributed by atoms with van der Waals surface area (Å²) in [6, 6.07) is 0.546. The van der Waals surface area contributed by atoms with Crippen LogP contribution >= 0.6 is 11.3 Å². The van der Waals surface area contributed by atoms with Crippen molar-refractivity contribution in [1.82, 2.24) is 10.3 Å². The van der Waals surface area contributed by atoms with E-state index in [-0.39, 0.29) is 0 Å². The Kier molecular flexibility index (Phi) is 3.88. The Hall–Kier alpha value is -0.260. The number of hydrogen-bond donors (Lipinski definition) is 1. The number of thiazole rings is 1. The fraction of sp³-hybridized carbons (Fsp3) is 0.700. The van der Waals surface area contributed by atoms with Gasteiger partial charge in [-0.15, -0.1) is 11.3 Å². The van der Waals surface area contributed by atoms with Crippen LogP contribution in [0.25, 0.3) is 0 Å².